The first-order valence-electron chi connectivity index (χ1n) is 8.72. The number of hydrogen-bond donors (Lipinski definition) is 1. The van der Waals surface area contributed by atoms with Crippen LogP contribution in [0.15, 0.2) is 41.8 Å². The molecule has 0 spiro atoms. The molecule has 3 rings (SSSR count). The SMILES string of the molecule is CCn1nccc1S(=O)(=O)N1CCC[C@@H](CNC(=O)c2cccnc2)C1. The number of aryl methyl sites for hydroxylation is 1. The smallest absolute Gasteiger partial charge is 0.260 e. The Kier molecular flexibility index (Phi) is 5.67. The molecule has 1 aliphatic rings. The van der Waals surface area contributed by atoms with Crippen molar-refractivity contribution in [3.8, 4) is 0 Å². The Morgan fingerprint density at radius 2 is 2.19 bits per heavy atom. The molecule has 2 aromatic rings. The van der Waals surface area contributed by atoms with E-state index in [4.69, 9.17) is 0 Å². The molecule has 1 saturated heterocycles. The Bertz CT molecular complexity index is 850. The van der Waals surface area contributed by atoms with Crippen molar-refractivity contribution in [1.29, 1.82) is 0 Å². The molecule has 26 heavy (non-hydrogen) atoms. The molecule has 0 aliphatic carbocycles. The minimum Gasteiger partial charge on any atom is -0.352 e. The summed E-state index contributed by atoms with van der Waals surface area (Å²) in [5, 5.41) is 7.16. The highest BCUT2D eigenvalue weighted by atomic mass is 32.2. The van der Waals surface area contributed by atoms with Gasteiger partial charge < -0.3 is 5.32 Å². The maximum Gasteiger partial charge on any atom is 0.260 e. The van der Waals surface area contributed by atoms with Gasteiger partial charge in [-0.3, -0.25) is 14.5 Å². The van der Waals surface area contributed by atoms with Crippen LogP contribution in [-0.4, -0.2) is 53.0 Å². The fourth-order valence-corrected chi connectivity index (χ4v) is 4.87. The van der Waals surface area contributed by atoms with Gasteiger partial charge in [-0.2, -0.15) is 9.40 Å². The summed E-state index contributed by atoms with van der Waals surface area (Å²) < 4.78 is 28.8. The van der Waals surface area contributed by atoms with E-state index in [9.17, 15) is 13.2 Å². The van der Waals surface area contributed by atoms with Crippen molar-refractivity contribution in [2.75, 3.05) is 19.6 Å². The number of pyridine rings is 1. The third-order valence-corrected chi connectivity index (χ3v) is 6.42. The number of hydrogen-bond acceptors (Lipinski definition) is 5. The Morgan fingerprint density at radius 3 is 2.92 bits per heavy atom. The second kappa shape index (κ2) is 7.96. The van der Waals surface area contributed by atoms with E-state index in [1.165, 1.54) is 27.4 Å². The predicted molar refractivity (Wildman–Crippen MR) is 96.0 cm³/mol. The molecule has 0 bridgehead atoms. The molecule has 0 radical (unpaired) electrons. The van der Waals surface area contributed by atoms with E-state index < -0.39 is 10.0 Å². The van der Waals surface area contributed by atoms with Crippen molar-refractivity contribution in [2.45, 2.75) is 31.3 Å². The van der Waals surface area contributed by atoms with Gasteiger partial charge in [0.05, 0.1) is 11.8 Å². The fraction of sp³-hybridized carbons (Fsp3) is 0.471. The van der Waals surface area contributed by atoms with E-state index in [2.05, 4.69) is 15.4 Å². The van der Waals surface area contributed by atoms with Crippen LogP contribution in [0, 0.1) is 5.92 Å². The summed E-state index contributed by atoms with van der Waals surface area (Å²) in [5.74, 6) is -0.112. The van der Waals surface area contributed by atoms with Crippen LogP contribution in [0.25, 0.3) is 0 Å². The number of carbonyl (C=O) groups is 1. The summed E-state index contributed by atoms with van der Waals surface area (Å²) in [4.78, 5) is 16.1. The summed E-state index contributed by atoms with van der Waals surface area (Å²) in [5.41, 5.74) is 0.500. The van der Waals surface area contributed by atoms with Gasteiger partial charge in [-0.1, -0.05) is 0 Å². The zero-order valence-corrected chi connectivity index (χ0v) is 15.5. The van der Waals surface area contributed by atoms with Crippen LogP contribution in [0.3, 0.4) is 0 Å². The number of nitrogens with one attached hydrogen (secondary N) is 1. The zero-order valence-electron chi connectivity index (χ0n) is 14.7. The first-order valence-corrected chi connectivity index (χ1v) is 10.2. The number of aromatic nitrogens is 3. The Hall–Kier alpha value is -2.26. The molecular formula is C17H23N5O3S. The van der Waals surface area contributed by atoms with Crippen molar-refractivity contribution in [3.05, 3.63) is 42.4 Å². The molecule has 8 nitrogen and oxygen atoms in total. The van der Waals surface area contributed by atoms with E-state index in [0.717, 1.165) is 12.8 Å². The lowest BCUT2D eigenvalue weighted by Crippen LogP contribution is -2.44. The largest absolute Gasteiger partial charge is 0.352 e. The highest BCUT2D eigenvalue weighted by Gasteiger charge is 2.32. The van der Waals surface area contributed by atoms with Gasteiger partial charge in [0.1, 0.15) is 0 Å². The quantitative estimate of drug-likeness (QED) is 0.814. The van der Waals surface area contributed by atoms with Crippen LogP contribution in [0.2, 0.25) is 0 Å². The molecule has 0 unspecified atom stereocenters. The van der Waals surface area contributed by atoms with Crippen LogP contribution >= 0.6 is 0 Å². The van der Waals surface area contributed by atoms with Crippen molar-refractivity contribution >= 4 is 15.9 Å². The number of amides is 1. The van der Waals surface area contributed by atoms with Gasteiger partial charge >= 0.3 is 0 Å². The topological polar surface area (TPSA) is 97.2 Å². The Balaban J connectivity index is 1.63. The first-order chi connectivity index (χ1) is 12.5. The predicted octanol–water partition coefficient (Wildman–Crippen LogP) is 1.13. The monoisotopic (exact) mass is 377 g/mol. The fourth-order valence-electron chi connectivity index (χ4n) is 3.16. The molecule has 0 saturated carbocycles. The Morgan fingerprint density at radius 1 is 1.35 bits per heavy atom. The summed E-state index contributed by atoms with van der Waals surface area (Å²) in [6, 6.07) is 4.94. The average Bonchev–Trinajstić information content (AvgIpc) is 3.17. The summed E-state index contributed by atoms with van der Waals surface area (Å²) >= 11 is 0. The van der Waals surface area contributed by atoms with E-state index in [0.29, 0.717) is 31.7 Å². The lowest BCUT2D eigenvalue weighted by atomic mass is 9.99. The van der Waals surface area contributed by atoms with Crippen LogP contribution in [0.4, 0.5) is 0 Å². The van der Waals surface area contributed by atoms with Gasteiger partial charge in [-0.15, -0.1) is 0 Å². The molecule has 1 atom stereocenters. The van der Waals surface area contributed by atoms with E-state index in [-0.39, 0.29) is 16.9 Å². The number of rotatable bonds is 6. The zero-order chi connectivity index (χ0) is 18.6. The second-order valence-electron chi connectivity index (χ2n) is 6.31. The van der Waals surface area contributed by atoms with Crippen molar-refractivity contribution in [3.63, 3.8) is 0 Å². The lowest BCUT2D eigenvalue weighted by molar-refractivity contribution is 0.0941. The van der Waals surface area contributed by atoms with Crippen LogP contribution < -0.4 is 5.32 Å². The number of carbonyl (C=O) groups excluding carboxylic acids is 1. The van der Waals surface area contributed by atoms with Crippen molar-refractivity contribution in [1.82, 2.24) is 24.4 Å². The number of sulfonamides is 1. The first kappa shape index (κ1) is 18.5. The molecule has 2 aromatic heterocycles. The van der Waals surface area contributed by atoms with Gasteiger partial charge in [0, 0.05) is 38.6 Å². The lowest BCUT2D eigenvalue weighted by Gasteiger charge is -2.32. The van der Waals surface area contributed by atoms with Crippen LogP contribution in [0.5, 0.6) is 0 Å². The number of nitrogens with zero attached hydrogens (tertiary/aromatic N) is 4. The highest BCUT2D eigenvalue weighted by molar-refractivity contribution is 7.89. The van der Waals surface area contributed by atoms with Crippen LogP contribution in [-0.2, 0) is 16.6 Å². The normalized spacial score (nSPS) is 18.6. The molecule has 1 aliphatic heterocycles. The average molecular weight is 377 g/mol. The molecule has 140 valence electrons. The summed E-state index contributed by atoms with van der Waals surface area (Å²) in [6.45, 7) is 3.68. The maximum absolute atomic E-state index is 12.9. The van der Waals surface area contributed by atoms with Crippen molar-refractivity contribution in [2.24, 2.45) is 5.92 Å². The molecule has 1 fully saturated rings. The molecule has 0 aromatic carbocycles. The van der Waals surface area contributed by atoms with E-state index in [1.807, 2.05) is 6.92 Å². The third kappa shape index (κ3) is 3.94. The molecule has 3 heterocycles. The molecule has 1 amide bonds. The third-order valence-electron chi connectivity index (χ3n) is 4.54. The van der Waals surface area contributed by atoms with E-state index in [1.54, 1.807) is 18.3 Å². The second-order valence-corrected chi connectivity index (χ2v) is 8.19. The molecule has 9 heteroatoms. The summed E-state index contributed by atoms with van der Waals surface area (Å²) in [6.07, 6.45) is 6.28. The number of piperidine rings is 1. The van der Waals surface area contributed by atoms with Gasteiger partial charge in [0.15, 0.2) is 5.03 Å². The van der Waals surface area contributed by atoms with Gasteiger partial charge in [0.25, 0.3) is 15.9 Å². The Labute approximate surface area is 153 Å². The van der Waals surface area contributed by atoms with Gasteiger partial charge in [0.2, 0.25) is 0 Å². The minimum atomic E-state index is -3.57. The highest BCUT2D eigenvalue weighted by Crippen LogP contribution is 2.23. The standard InChI is InChI=1S/C17H23N5O3S/c1-2-22-16(7-9-20-22)26(24,25)21-10-4-5-14(13-21)11-19-17(23)15-6-3-8-18-12-15/h3,6-9,12,14H,2,4-5,10-11,13H2,1H3,(H,19,23)/t14-/m0/s1. The van der Waals surface area contributed by atoms with Gasteiger partial charge in [-0.25, -0.2) is 8.42 Å². The van der Waals surface area contributed by atoms with Gasteiger partial charge in [-0.05, 0) is 43.9 Å². The minimum absolute atomic E-state index is 0.0807. The van der Waals surface area contributed by atoms with Crippen LogP contribution in [0.1, 0.15) is 30.1 Å². The van der Waals surface area contributed by atoms with E-state index >= 15 is 0 Å². The molecular weight excluding hydrogens is 354 g/mol. The van der Waals surface area contributed by atoms with Crippen molar-refractivity contribution < 1.29 is 13.2 Å². The summed E-state index contributed by atoms with van der Waals surface area (Å²) in [7, 11) is -3.57. The maximum atomic E-state index is 12.9. The molecule has 1 N–H and O–H groups in total.